The Morgan fingerprint density at radius 1 is 1.22 bits per heavy atom. The van der Waals surface area contributed by atoms with Crippen LogP contribution in [0.3, 0.4) is 0 Å². The predicted octanol–water partition coefficient (Wildman–Crippen LogP) is 4.83. The summed E-state index contributed by atoms with van der Waals surface area (Å²) in [4.78, 5) is 14.2. The largest absolute Gasteiger partial charge is 0.497 e. The number of anilines is 1. The Morgan fingerprint density at radius 3 is 2.41 bits per heavy atom. The maximum absolute atomic E-state index is 13.2. The van der Waals surface area contributed by atoms with Gasteiger partial charge in [0.25, 0.3) is 0 Å². The molecule has 27 heavy (non-hydrogen) atoms. The number of alkyl halides is 3. The van der Waals surface area contributed by atoms with E-state index in [9.17, 15) is 18.0 Å². The molecule has 0 saturated carbocycles. The van der Waals surface area contributed by atoms with Crippen molar-refractivity contribution < 1.29 is 22.7 Å². The molecule has 0 aliphatic carbocycles. The number of hydrogen-bond acceptors (Lipinski definition) is 3. The van der Waals surface area contributed by atoms with E-state index in [4.69, 9.17) is 16.3 Å². The number of rotatable bonds is 6. The molecular formula is C19H20ClF3N2O2. The number of benzene rings is 2. The lowest BCUT2D eigenvalue weighted by molar-refractivity contribution is -0.137. The highest BCUT2D eigenvalue weighted by atomic mass is 35.5. The molecule has 8 heteroatoms. The smallest absolute Gasteiger partial charge is 0.418 e. The van der Waals surface area contributed by atoms with Crippen LogP contribution in [0.1, 0.15) is 18.1 Å². The Labute approximate surface area is 160 Å². The third kappa shape index (κ3) is 5.61. The maximum Gasteiger partial charge on any atom is 0.418 e. The van der Waals surface area contributed by atoms with Gasteiger partial charge in [0.2, 0.25) is 5.91 Å². The zero-order valence-electron chi connectivity index (χ0n) is 15.1. The first-order valence-corrected chi connectivity index (χ1v) is 8.50. The first kappa shape index (κ1) is 21.1. The lowest BCUT2D eigenvalue weighted by Gasteiger charge is -2.24. The molecule has 1 N–H and O–H groups in total. The van der Waals surface area contributed by atoms with Crippen LogP contribution >= 0.6 is 11.6 Å². The van der Waals surface area contributed by atoms with Crippen molar-refractivity contribution in [3.05, 3.63) is 58.6 Å². The van der Waals surface area contributed by atoms with Crippen molar-refractivity contribution in [2.45, 2.75) is 25.7 Å². The summed E-state index contributed by atoms with van der Waals surface area (Å²) in [5, 5.41) is 2.30. The average Bonchev–Trinajstić information content (AvgIpc) is 2.62. The molecule has 2 aromatic carbocycles. The number of halogens is 4. The minimum atomic E-state index is -4.62. The minimum absolute atomic E-state index is 0.0509. The van der Waals surface area contributed by atoms with Crippen molar-refractivity contribution in [1.29, 1.82) is 0 Å². The summed E-state index contributed by atoms with van der Waals surface area (Å²) in [6, 6.07) is 9.93. The average molecular weight is 401 g/mol. The number of methoxy groups -OCH3 is 1. The summed E-state index contributed by atoms with van der Waals surface area (Å²) in [5.41, 5.74) is -0.352. The van der Waals surface area contributed by atoms with Crippen LogP contribution in [0.15, 0.2) is 42.5 Å². The van der Waals surface area contributed by atoms with Crippen LogP contribution in [0.4, 0.5) is 18.9 Å². The number of nitrogens with zero attached hydrogens (tertiary/aromatic N) is 1. The maximum atomic E-state index is 13.2. The van der Waals surface area contributed by atoms with E-state index in [2.05, 4.69) is 5.32 Å². The number of carbonyl (C=O) groups is 1. The second-order valence-corrected chi connectivity index (χ2v) is 6.55. The Balaban J connectivity index is 2.08. The molecule has 0 spiro atoms. The summed E-state index contributed by atoms with van der Waals surface area (Å²) >= 11 is 5.65. The molecule has 0 aliphatic rings. The molecule has 4 nitrogen and oxygen atoms in total. The fourth-order valence-electron chi connectivity index (χ4n) is 2.45. The van der Waals surface area contributed by atoms with E-state index in [0.717, 1.165) is 23.4 Å². The lowest BCUT2D eigenvalue weighted by atomic mass is 10.1. The van der Waals surface area contributed by atoms with Crippen LogP contribution in [0.25, 0.3) is 0 Å². The molecule has 0 aromatic heterocycles. The van der Waals surface area contributed by atoms with Gasteiger partial charge in [0, 0.05) is 11.6 Å². The summed E-state index contributed by atoms with van der Waals surface area (Å²) in [5.74, 6) is 0.174. The van der Waals surface area contributed by atoms with Crippen LogP contribution in [0.2, 0.25) is 5.02 Å². The molecule has 0 fully saturated rings. The van der Waals surface area contributed by atoms with Gasteiger partial charge in [0.1, 0.15) is 5.75 Å². The molecule has 1 atom stereocenters. The molecule has 146 valence electrons. The molecule has 1 unspecified atom stereocenters. The van der Waals surface area contributed by atoms with Crippen LogP contribution in [-0.2, 0) is 17.5 Å². The van der Waals surface area contributed by atoms with Gasteiger partial charge >= 0.3 is 6.18 Å². The van der Waals surface area contributed by atoms with Gasteiger partial charge < -0.3 is 10.1 Å². The van der Waals surface area contributed by atoms with Gasteiger partial charge in [-0.15, -0.1) is 0 Å². The molecule has 0 bridgehead atoms. The molecule has 0 saturated heterocycles. The third-order valence-corrected chi connectivity index (χ3v) is 4.41. The van der Waals surface area contributed by atoms with Gasteiger partial charge in [-0.25, -0.2) is 0 Å². The fourth-order valence-corrected chi connectivity index (χ4v) is 2.63. The lowest BCUT2D eigenvalue weighted by Crippen LogP contribution is -2.39. The van der Waals surface area contributed by atoms with Gasteiger partial charge in [-0.05, 0) is 49.9 Å². The first-order chi connectivity index (χ1) is 12.6. The SMILES string of the molecule is COc1ccc(CN(C)C(C)C(=O)Nc2ccc(Cl)cc2C(F)(F)F)cc1. The van der Waals surface area contributed by atoms with Gasteiger partial charge in [-0.2, -0.15) is 13.2 Å². The molecule has 2 aromatic rings. The minimum Gasteiger partial charge on any atom is -0.497 e. The monoisotopic (exact) mass is 400 g/mol. The number of nitrogens with one attached hydrogen (secondary N) is 1. The summed E-state index contributed by atoms with van der Waals surface area (Å²) < 4.78 is 44.6. The predicted molar refractivity (Wildman–Crippen MR) is 99.0 cm³/mol. The molecule has 0 heterocycles. The molecule has 2 rings (SSSR count). The Kier molecular flexibility index (Phi) is 6.73. The number of likely N-dealkylation sites (N-methyl/N-ethyl adjacent to an activating group) is 1. The van der Waals surface area contributed by atoms with Crippen LogP contribution < -0.4 is 10.1 Å². The highest BCUT2D eigenvalue weighted by molar-refractivity contribution is 6.30. The van der Waals surface area contributed by atoms with Gasteiger partial charge in [0.05, 0.1) is 24.4 Å². The van der Waals surface area contributed by atoms with E-state index in [1.54, 1.807) is 38.1 Å². The number of ether oxygens (including phenoxy) is 1. The van der Waals surface area contributed by atoms with E-state index >= 15 is 0 Å². The van der Waals surface area contributed by atoms with Crippen molar-refractivity contribution >= 4 is 23.2 Å². The normalized spacial score (nSPS) is 12.7. The van der Waals surface area contributed by atoms with Crippen molar-refractivity contribution in [2.75, 3.05) is 19.5 Å². The van der Waals surface area contributed by atoms with E-state index in [1.807, 2.05) is 12.1 Å². The topological polar surface area (TPSA) is 41.6 Å². The van der Waals surface area contributed by atoms with Crippen LogP contribution in [-0.4, -0.2) is 31.0 Å². The standard InChI is InChI=1S/C19H20ClF3N2O2/c1-12(25(2)11-13-4-7-15(27-3)8-5-13)18(26)24-17-9-6-14(20)10-16(17)19(21,22)23/h4-10,12H,11H2,1-3H3,(H,24,26). The van der Waals surface area contributed by atoms with E-state index in [-0.39, 0.29) is 10.7 Å². The Morgan fingerprint density at radius 2 is 1.85 bits per heavy atom. The Hall–Kier alpha value is -2.25. The number of hydrogen-bond donors (Lipinski definition) is 1. The van der Waals surface area contributed by atoms with E-state index < -0.39 is 23.7 Å². The summed E-state index contributed by atoms with van der Waals surface area (Å²) in [7, 11) is 3.29. The van der Waals surface area contributed by atoms with Gasteiger partial charge in [0.15, 0.2) is 0 Å². The second-order valence-electron chi connectivity index (χ2n) is 6.12. The summed E-state index contributed by atoms with van der Waals surface area (Å²) in [6.45, 7) is 2.08. The highest BCUT2D eigenvalue weighted by Crippen LogP contribution is 2.36. The van der Waals surface area contributed by atoms with Crippen LogP contribution in [0.5, 0.6) is 5.75 Å². The van der Waals surface area contributed by atoms with Crippen LogP contribution in [0, 0.1) is 0 Å². The van der Waals surface area contributed by atoms with E-state index in [0.29, 0.717) is 6.54 Å². The van der Waals surface area contributed by atoms with Crippen molar-refractivity contribution in [3.63, 3.8) is 0 Å². The van der Waals surface area contributed by atoms with Gasteiger partial charge in [-0.1, -0.05) is 23.7 Å². The number of amides is 1. The molecular weight excluding hydrogens is 381 g/mol. The quantitative estimate of drug-likeness (QED) is 0.755. The molecule has 0 radical (unpaired) electrons. The van der Waals surface area contributed by atoms with Crippen molar-refractivity contribution in [2.24, 2.45) is 0 Å². The number of carbonyl (C=O) groups excluding carboxylic acids is 1. The first-order valence-electron chi connectivity index (χ1n) is 8.12. The fraction of sp³-hybridized carbons (Fsp3) is 0.316. The third-order valence-electron chi connectivity index (χ3n) is 4.18. The highest BCUT2D eigenvalue weighted by Gasteiger charge is 2.34. The zero-order valence-corrected chi connectivity index (χ0v) is 15.9. The second kappa shape index (κ2) is 8.63. The van der Waals surface area contributed by atoms with Gasteiger partial charge in [-0.3, -0.25) is 9.69 Å². The summed E-state index contributed by atoms with van der Waals surface area (Å²) in [6.07, 6.45) is -4.62. The van der Waals surface area contributed by atoms with Crippen molar-refractivity contribution in [3.8, 4) is 5.75 Å². The van der Waals surface area contributed by atoms with Crippen molar-refractivity contribution in [1.82, 2.24) is 4.90 Å². The Bertz CT molecular complexity index is 795. The molecule has 0 aliphatic heterocycles. The zero-order chi connectivity index (χ0) is 20.2. The van der Waals surface area contributed by atoms with E-state index in [1.165, 1.54) is 6.07 Å². The molecule has 1 amide bonds.